The van der Waals surface area contributed by atoms with Crippen LogP contribution in [0.15, 0.2) is 28.9 Å². The molecule has 6 nitrogen and oxygen atoms in total. The Kier molecular flexibility index (Phi) is 5.12. The Hall–Kier alpha value is -2.02. The van der Waals surface area contributed by atoms with Gasteiger partial charge in [0.05, 0.1) is 11.6 Å². The zero-order chi connectivity index (χ0) is 19.9. The molecule has 28 heavy (non-hydrogen) atoms. The molecule has 1 unspecified atom stereocenters. The summed E-state index contributed by atoms with van der Waals surface area (Å²) in [6, 6.07) is 2.52. The average molecular weight is 402 g/mol. The van der Waals surface area contributed by atoms with Crippen molar-refractivity contribution in [1.29, 1.82) is 0 Å². The molecule has 3 aliphatic rings. The second-order valence-electron chi connectivity index (χ2n) is 7.74. The summed E-state index contributed by atoms with van der Waals surface area (Å²) < 4.78 is 6.00. The Morgan fingerprint density at radius 3 is 3.00 bits per heavy atom. The van der Waals surface area contributed by atoms with E-state index in [2.05, 4.69) is 35.0 Å². The minimum atomic E-state index is -1.13. The van der Waals surface area contributed by atoms with Crippen molar-refractivity contribution in [3.63, 3.8) is 0 Å². The fourth-order valence-electron chi connectivity index (χ4n) is 4.11. The normalized spacial score (nSPS) is 26.9. The summed E-state index contributed by atoms with van der Waals surface area (Å²) in [6.45, 7) is 5.67. The summed E-state index contributed by atoms with van der Waals surface area (Å²) in [6.07, 6.45) is 7.00. The fraction of sp³-hybridized carbons (Fsp3) is 0.476. The number of benzene rings is 1. The van der Waals surface area contributed by atoms with Crippen molar-refractivity contribution < 1.29 is 4.74 Å². The van der Waals surface area contributed by atoms with E-state index in [0.717, 1.165) is 59.8 Å². The number of nitrogens with one attached hydrogen (secondary N) is 3. The molecule has 7 heteroatoms. The van der Waals surface area contributed by atoms with Gasteiger partial charge in [-0.25, -0.2) is 4.99 Å². The molecule has 3 aliphatic heterocycles. The Labute approximate surface area is 171 Å². The highest BCUT2D eigenvalue weighted by atomic mass is 35.5. The van der Waals surface area contributed by atoms with Gasteiger partial charge in [-0.15, -0.1) is 0 Å². The molecule has 0 bridgehead atoms. The maximum atomic E-state index is 7.01. The Morgan fingerprint density at radius 2 is 2.21 bits per heavy atom. The molecule has 0 aromatic heterocycles. The second-order valence-corrected chi connectivity index (χ2v) is 8.12. The quantitative estimate of drug-likeness (QED) is 0.612. The van der Waals surface area contributed by atoms with E-state index in [1.54, 1.807) is 0 Å². The van der Waals surface area contributed by atoms with Crippen molar-refractivity contribution in [3.05, 3.63) is 45.6 Å². The highest BCUT2D eigenvalue weighted by Crippen LogP contribution is 2.45. The average Bonchev–Trinajstić information content (AvgIpc) is 3.01. The predicted molar refractivity (Wildman–Crippen MR) is 115 cm³/mol. The summed E-state index contributed by atoms with van der Waals surface area (Å²) >= 11 is 7.01. The number of amidine groups is 1. The van der Waals surface area contributed by atoms with Crippen LogP contribution in [-0.4, -0.2) is 32.1 Å². The first-order chi connectivity index (χ1) is 13.4. The summed E-state index contributed by atoms with van der Waals surface area (Å²) in [4.78, 5) is 4.69. The van der Waals surface area contributed by atoms with Gasteiger partial charge >= 0.3 is 0 Å². The van der Waals surface area contributed by atoms with Gasteiger partial charge in [-0.1, -0.05) is 17.7 Å². The first-order valence-corrected chi connectivity index (χ1v) is 10.2. The number of aliphatic imine (C=N–C) groups is 1. The monoisotopic (exact) mass is 401 g/mol. The number of ether oxygens (including phenoxy) is 1. The molecular weight excluding hydrogens is 374 g/mol. The molecule has 0 aliphatic carbocycles. The van der Waals surface area contributed by atoms with E-state index in [4.69, 9.17) is 27.1 Å². The lowest BCUT2D eigenvalue weighted by Crippen LogP contribution is -2.51. The summed E-state index contributed by atoms with van der Waals surface area (Å²) in [5, 5.41) is 10.5. The highest BCUT2D eigenvalue weighted by Gasteiger charge is 2.36. The minimum absolute atomic E-state index is 0.473. The number of nitrogens with zero attached hydrogens (tertiary/aromatic N) is 1. The van der Waals surface area contributed by atoms with Crippen molar-refractivity contribution in [2.75, 3.05) is 20.2 Å². The lowest BCUT2D eigenvalue weighted by molar-refractivity contribution is 0.355. The number of likely N-dealkylation sites (N-methyl/N-ethyl adjacent to an activating group) is 1. The number of fused-ring (bicyclic) bond motifs is 1. The fourth-order valence-corrected chi connectivity index (χ4v) is 4.52. The van der Waals surface area contributed by atoms with E-state index in [1.807, 2.05) is 20.0 Å². The van der Waals surface area contributed by atoms with Crippen molar-refractivity contribution in [2.24, 2.45) is 10.7 Å². The van der Waals surface area contributed by atoms with Crippen LogP contribution in [0.25, 0.3) is 5.57 Å². The zero-order valence-corrected chi connectivity index (χ0v) is 17.4. The van der Waals surface area contributed by atoms with Gasteiger partial charge in [0.15, 0.2) is 0 Å². The van der Waals surface area contributed by atoms with Gasteiger partial charge < -0.3 is 20.7 Å². The van der Waals surface area contributed by atoms with Crippen molar-refractivity contribution in [2.45, 2.75) is 44.9 Å². The van der Waals surface area contributed by atoms with Crippen molar-refractivity contribution in [1.82, 2.24) is 16.0 Å². The molecule has 3 heterocycles. The number of allylic oxidation sites excluding steroid dienone is 2. The molecule has 150 valence electrons. The molecule has 0 fully saturated rings. The van der Waals surface area contributed by atoms with E-state index in [9.17, 15) is 0 Å². The number of nitrogens with two attached hydrogens (primary N) is 1. The van der Waals surface area contributed by atoms with Gasteiger partial charge in [0.1, 0.15) is 11.6 Å². The van der Waals surface area contributed by atoms with E-state index in [-0.39, 0.29) is 0 Å². The molecule has 0 spiro atoms. The van der Waals surface area contributed by atoms with E-state index < -0.39 is 5.79 Å². The summed E-state index contributed by atoms with van der Waals surface area (Å²) in [5.41, 5.74) is 11.8. The summed E-state index contributed by atoms with van der Waals surface area (Å²) in [7, 11) is 1.84. The van der Waals surface area contributed by atoms with Gasteiger partial charge in [0.25, 0.3) is 0 Å². The maximum Gasteiger partial charge on any atom is 0.212 e. The highest BCUT2D eigenvalue weighted by molar-refractivity contribution is 6.33. The predicted octanol–water partition coefficient (Wildman–Crippen LogP) is 2.62. The molecule has 0 amide bonds. The number of rotatable bonds is 2. The Morgan fingerprint density at radius 1 is 1.39 bits per heavy atom. The lowest BCUT2D eigenvalue weighted by atomic mass is 9.92. The third kappa shape index (κ3) is 3.41. The van der Waals surface area contributed by atoms with Gasteiger partial charge in [-0.05, 0) is 50.0 Å². The molecule has 5 N–H and O–H groups in total. The van der Waals surface area contributed by atoms with Crippen LogP contribution in [0.4, 0.5) is 0 Å². The van der Waals surface area contributed by atoms with E-state index in [0.29, 0.717) is 17.7 Å². The number of hydrogen-bond acceptors (Lipinski definition) is 6. The van der Waals surface area contributed by atoms with Gasteiger partial charge in [0.2, 0.25) is 5.79 Å². The van der Waals surface area contributed by atoms with Crippen LogP contribution in [0.3, 0.4) is 0 Å². The first-order valence-electron chi connectivity index (χ1n) is 9.85. The van der Waals surface area contributed by atoms with Crippen LogP contribution >= 0.6 is 11.6 Å². The van der Waals surface area contributed by atoms with Crippen LogP contribution in [0.1, 0.15) is 43.4 Å². The van der Waals surface area contributed by atoms with Crippen molar-refractivity contribution in [3.8, 4) is 5.75 Å². The van der Waals surface area contributed by atoms with E-state index in [1.165, 1.54) is 5.57 Å². The molecule has 0 saturated carbocycles. The topological polar surface area (TPSA) is 83.7 Å². The third-order valence-electron chi connectivity index (χ3n) is 5.60. The molecule has 0 radical (unpaired) electrons. The number of hydrogen-bond donors (Lipinski definition) is 4. The molecule has 1 aromatic rings. The third-order valence-corrected chi connectivity index (χ3v) is 5.99. The molecule has 0 saturated heterocycles. The standard InChI is InChI=1S/C21H28ClN5O/c1-12-4-5-14(6-8-25-12)18-19(22)16(11-15-7-9-28-20(15)18)21(23)26-13(2)10-17(24-3)27-21/h6,10-12,25-26H,4-5,7-9,23H2,1-3H3,(H,24,27)/t12-,21?/m0/s1. The molecule has 2 atom stereocenters. The first kappa shape index (κ1) is 19.3. The largest absolute Gasteiger partial charge is 0.492 e. The smallest absolute Gasteiger partial charge is 0.212 e. The Balaban J connectivity index is 1.86. The van der Waals surface area contributed by atoms with Gasteiger partial charge in [0, 0.05) is 42.9 Å². The van der Waals surface area contributed by atoms with Gasteiger partial charge in [-0.3, -0.25) is 5.73 Å². The van der Waals surface area contributed by atoms with Crippen LogP contribution in [-0.2, 0) is 12.2 Å². The SMILES string of the molecule is CNC1=NC(N)(c2cc3c(c(C4=CCN[C@@H](C)CC4)c2Cl)OCC3)NC(C)=C1. The maximum absolute atomic E-state index is 7.01. The van der Waals surface area contributed by atoms with Crippen LogP contribution in [0.5, 0.6) is 5.75 Å². The molecule has 1 aromatic carbocycles. The van der Waals surface area contributed by atoms with Crippen LogP contribution < -0.4 is 26.4 Å². The Bertz CT molecular complexity index is 891. The van der Waals surface area contributed by atoms with Crippen LogP contribution in [0, 0.1) is 0 Å². The lowest BCUT2D eigenvalue weighted by Gasteiger charge is -2.34. The molecular formula is C21H28ClN5O. The van der Waals surface area contributed by atoms with Gasteiger partial charge in [-0.2, -0.15) is 0 Å². The van der Waals surface area contributed by atoms with Crippen molar-refractivity contribution >= 4 is 23.0 Å². The zero-order valence-electron chi connectivity index (χ0n) is 16.7. The molecule has 4 rings (SSSR count). The minimum Gasteiger partial charge on any atom is -0.492 e. The van der Waals surface area contributed by atoms with Crippen LogP contribution in [0.2, 0.25) is 5.02 Å². The second kappa shape index (κ2) is 7.43. The number of halogens is 1. The van der Waals surface area contributed by atoms with E-state index >= 15 is 0 Å². The summed E-state index contributed by atoms with van der Waals surface area (Å²) in [5.74, 6) is 0.496.